The third-order valence-corrected chi connectivity index (χ3v) is 8.27. The van der Waals surface area contributed by atoms with Crippen LogP contribution in [0.1, 0.15) is 31.4 Å². The van der Waals surface area contributed by atoms with Crippen LogP contribution in [0.25, 0.3) is 0 Å². The molecule has 35 heavy (non-hydrogen) atoms. The largest absolute Gasteiger partial charge is 0.495 e. The molecule has 2 aliphatic heterocycles. The van der Waals surface area contributed by atoms with E-state index >= 15 is 0 Å². The molecule has 1 fully saturated rings. The molecule has 1 atom stereocenters. The van der Waals surface area contributed by atoms with Gasteiger partial charge in [-0.05, 0) is 56.2 Å². The van der Waals surface area contributed by atoms with Crippen LogP contribution in [-0.4, -0.2) is 60.1 Å². The molecule has 0 bridgehead atoms. The number of amides is 2. The maximum absolute atomic E-state index is 13.9. The molecule has 0 N–H and O–H groups in total. The molecule has 0 aromatic heterocycles. The molecule has 0 spiro atoms. The van der Waals surface area contributed by atoms with Crippen LogP contribution in [0.5, 0.6) is 5.75 Å². The quantitative estimate of drug-likeness (QED) is 0.585. The van der Waals surface area contributed by atoms with Gasteiger partial charge in [-0.25, -0.2) is 12.7 Å². The van der Waals surface area contributed by atoms with Crippen LogP contribution in [0.15, 0.2) is 59.4 Å². The Hall–Kier alpha value is -3.04. The number of hydrogen-bond donors (Lipinski definition) is 0. The van der Waals surface area contributed by atoms with E-state index in [9.17, 15) is 18.0 Å². The molecular weight excluding hydrogens is 490 g/mol. The Morgan fingerprint density at radius 1 is 1.11 bits per heavy atom. The number of methoxy groups -OCH3 is 1. The van der Waals surface area contributed by atoms with Crippen LogP contribution in [-0.2, 0) is 26.0 Å². The van der Waals surface area contributed by atoms with Crippen LogP contribution in [0.2, 0.25) is 5.02 Å². The molecule has 0 saturated carbocycles. The van der Waals surface area contributed by atoms with Crippen molar-refractivity contribution in [3.8, 4) is 5.75 Å². The van der Waals surface area contributed by atoms with Gasteiger partial charge in [0.2, 0.25) is 11.8 Å². The highest BCUT2D eigenvalue weighted by molar-refractivity contribution is 7.89. The highest BCUT2D eigenvalue weighted by atomic mass is 35.5. The summed E-state index contributed by atoms with van der Waals surface area (Å²) in [5, 5.41) is 0.562. The molecule has 2 heterocycles. The van der Waals surface area contributed by atoms with Crippen molar-refractivity contribution in [3.05, 3.63) is 70.6 Å². The number of fused-ring (bicyclic) bond motifs is 1. The van der Waals surface area contributed by atoms with E-state index in [1.807, 2.05) is 13.8 Å². The molecule has 8 nitrogen and oxygen atoms in total. The van der Waals surface area contributed by atoms with Gasteiger partial charge in [0.25, 0.3) is 10.0 Å². The average Bonchev–Trinajstić information content (AvgIpc) is 2.81. The van der Waals surface area contributed by atoms with E-state index < -0.39 is 16.1 Å². The van der Waals surface area contributed by atoms with Crippen LogP contribution in [0.4, 0.5) is 0 Å². The molecule has 2 aromatic carbocycles. The Balaban J connectivity index is 1.82. The van der Waals surface area contributed by atoms with Crippen molar-refractivity contribution < 1.29 is 22.7 Å². The van der Waals surface area contributed by atoms with E-state index in [2.05, 4.69) is 0 Å². The molecule has 0 radical (unpaired) electrons. The molecule has 0 aliphatic carbocycles. The minimum atomic E-state index is -4.10. The van der Waals surface area contributed by atoms with Gasteiger partial charge in [0, 0.05) is 36.7 Å². The van der Waals surface area contributed by atoms with E-state index in [1.54, 1.807) is 49.4 Å². The first-order valence-electron chi connectivity index (χ1n) is 11.3. The topological polar surface area (TPSA) is 87.2 Å². The van der Waals surface area contributed by atoms with E-state index in [4.69, 9.17) is 16.3 Å². The predicted octanol–water partition coefficient (Wildman–Crippen LogP) is 3.54. The molecule has 2 aliphatic rings. The minimum Gasteiger partial charge on any atom is -0.495 e. The first-order valence-corrected chi connectivity index (χ1v) is 13.1. The van der Waals surface area contributed by atoms with Crippen molar-refractivity contribution in [3.63, 3.8) is 0 Å². The summed E-state index contributed by atoms with van der Waals surface area (Å²) in [4.78, 5) is 29.5. The molecule has 1 saturated heterocycles. The Labute approximate surface area is 210 Å². The number of ether oxygens (including phenoxy) is 1. The number of hydrogen-bond acceptors (Lipinski definition) is 5. The van der Waals surface area contributed by atoms with Gasteiger partial charge in [-0.1, -0.05) is 29.8 Å². The number of carbonyl (C=O) groups excluding carboxylic acids is 2. The molecule has 2 amide bonds. The summed E-state index contributed by atoms with van der Waals surface area (Å²) in [5.74, 6) is -0.184. The second-order valence-corrected chi connectivity index (χ2v) is 11.2. The van der Waals surface area contributed by atoms with Crippen molar-refractivity contribution in [1.82, 2.24) is 14.1 Å². The molecular formula is C25H28ClN3O5S. The number of benzene rings is 2. The lowest BCUT2D eigenvalue weighted by Crippen LogP contribution is -2.61. The maximum atomic E-state index is 13.9. The highest BCUT2D eigenvalue weighted by Crippen LogP contribution is 2.36. The number of nitrogens with zero attached hydrogens (tertiary/aromatic N) is 3. The van der Waals surface area contributed by atoms with Crippen LogP contribution in [0, 0.1) is 6.92 Å². The monoisotopic (exact) mass is 517 g/mol. The summed E-state index contributed by atoms with van der Waals surface area (Å²) >= 11 is 6.01. The number of carbonyl (C=O) groups is 2. The van der Waals surface area contributed by atoms with Gasteiger partial charge >= 0.3 is 0 Å². The predicted molar refractivity (Wildman–Crippen MR) is 132 cm³/mol. The lowest BCUT2D eigenvalue weighted by molar-refractivity contribution is -0.148. The lowest BCUT2D eigenvalue weighted by Gasteiger charge is -2.47. The number of sulfonamides is 1. The Morgan fingerprint density at radius 2 is 1.80 bits per heavy atom. The zero-order valence-corrected chi connectivity index (χ0v) is 21.6. The minimum absolute atomic E-state index is 0.0115. The smallest absolute Gasteiger partial charge is 0.269 e. The summed E-state index contributed by atoms with van der Waals surface area (Å²) in [7, 11) is -2.69. The van der Waals surface area contributed by atoms with Gasteiger partial charge in [-0.3, -0.25) is 14.5 Å². The maximum Gasteiger partial charge on any atom is 0.269 e. The van der Waals surface area contributed by atoms with Gasteiger partial charge in [-0.2, -0.15) is 0 Å². The van der Waals surface area contributed by atoms with E-state index in [1.165, 1.54) is 27.4 Å². The van der Waals surface area contributed by atoms with Gasteiger partial charge in [-0.15, -0.1) is 0 Å². The fraction of sp³-hybridized carbons (Fsp3) is 0.360. The van der Waals surface area contributed by atoms with Crippen molar-refractivity contribution in [2.75, 3.05) is 13.7 Å². The van der Waals surface area contributed by atoms with Crippen LogP contribution in [0.3, 0.4) is 0 Å². The Morgan fingerprint density at radius 3 is 2.43 bits per heavy atom. The average molecular weight is 518 g/mol. The SMILES string of the molecule is COc1ccc(C)cc1S(=O)(=O)N1CCC(=O)N2C1=CN(C(C)C)C(=O)C2Cc1ccc(Cl)cc1. The van der Waals surface area contributed by atoms with Gasteiger partial charge in [0.05, 0.1) is 7.11 Å². The fourth-order valence-electron chi connectivity index (χ4n) is 4.38. The van der Waals surface area contributed by atoms with Crippen molar-refractivity contribution in [1.29, 1.82) is 0 Å². The normalized spacial score (nSPS) is 18.6. The zero-order chi connectivity index (χ0) is 25.5. The standard InChI is InChI=1S/C25H28ClN3O5S/c1-16(2)27-15-23-28(35(32,33)22-13-17(3)5-10-21(22)34-4)12-11-24(30)29(23)20(25(27)31)14-18-6-8-19(26)9-7-18/h5-10,13,15-16,20H,11-12,14H2,1-4H3. The summed E-state index contributed by atoms with van der Waals surface area (Å²) in [5.41, 5.74) is 1.57. The number of rotatable bonds is 6. The van der Waals surface area contributed by atoms with Gasteiger partial charge in [0.15, 0.2) is 0 Å². The second-order valence-electron chi connectivity index (χ2n) is 8.92. The summed E-state index contributed by atoms with van der Waals surface area (Å²) in [6, 6.07) is 10.8. The van der Waals surface area contributed by atoms with Gasteiger partial charge < -0.3 is 9.64 Å². The second kappa shape index (κ2) is 9.54. The summed E-state index contributed by atoms with van der Waals surface area (Å²) in [6.07, 6.45) is 1.66. The lowest BCUT2D eigenvalue weighted by atomic mass is 10.00. The van der Waals surface area contributed by atoms with Crippen LogP contribution < -0.4 is 4.74 Å². The third-order valence-electron chi connectivity index (χ3n) is 6.19. The van der Waals surface area contributed by atoms with Crippen molar-refractivity contribution in [2.24, 2.45) is 0 Å². The van der Waals surface area contributed by atoms with Crippen molar-refractivity contribution in [2.45, 2.75) is 50.6 Å². The van der Waals surface area contributed by atoms with Gasteiger partial charge in [0.1, 0.15) is 22.5 Å². The van der Waals surface area contributed by atoms with Crippen molar-refractivity contribution >= 4 is 33.4 Å². The molecule has 186 valence electrons. The molecule has 10 heteroatoms. The van der Waals surface area contributed by atoms with E-state index in [0.717, 1.165) is 11.1 Å². The zero-order valence-electron chi connectivity index (χ0n) is 20.1. The molecule has 1 unspecified atom stereocenters. The fourth-order valence-corrected chi connectivity index (χ4v) is 6.20. The summed E-state index contributed by atoms with van der Waals surface area (Å²) in [6.45, 7) is 5.45. The number of halogens is 1. The van der Waals surface area contributed by atoms with E-state index in [-0.39, 0.29) is 53.7 Å². The van der Waals surface area contributed by atoms with Crippen LogP contribution >= 0.6 is 11.6 Å². The Kier molecular flexibility index (Phi) is 6.83. The molecule has 4 rings (SSSR count). The summed E-state index contributed by atoms with van der Waals surface area (Å²) < 4.78 is 34.3. The first kappa shape index (κ1) is 25.1. The highest BCUT2D eigenvalue weighted by Gasteiger charge is 2.47. The van der Waals surface area contributed by atoms with E-state index in [0.29, 0.717) is 5.02 Å². The third kappa shape index (κ3) is 4.62. The number of aryl methyl sites for hydroxylation is 1. The molecule has 2 aromatic rings. The first-order chi connectivity index (χ1) is 16.5. The Bertz CT molecular complexity index is 1290.